The van der Waals surface area contributed by atoms with E-state index in [1.54, 1.807) is 7.11 Å². The van der Waals surface area contributed by atoms with Crippen LogP contribution in [-0.4, -0.2) is 19.3 Å². The van der Waals surface area contributed by atoms with Crippen molar-refractivity contribution in [2.45, 2.75) is 39.0 Å². The number of rotatable bonds is 7. The highest BCUT2D eigenvalue weighted by atomic mass is 16.5. The molecule has 1 aromatic rings. The monoisotopic (exact) mass is 227 g/mol. The summed E-state index contributed by atoms with van der Waals surface area (Å²) in [6.45, 7) is 5.64. The van der Waals surface area contributed by atoms with Crippen LogP contribution in [0.15, 0.2) is 16.5 Å². The van der Waals surface area contributed by atoms with Crippen LogP contribution in [0.2, 0.25) is 0 Å². The molecule has 1 aromatic heterocycles. The quantitative estimate of drug-likeness (QED) is 0.724. The molecule has 0 saturated carbocycles. The number of furan rings is 1. The molecule has 0 saturated heterocycles. The van der Waals surface area contributed by atoms with E-state index in [0.29, 0.717) is 19.8 Å². The van der Waals surface area contributed by atoms with Gasteiger partial charge in [-0.3, -0.25) is 0 Å². The Morgan fingerprint density at radius 1 is 1.31 bits per heavy atom. The summed E-state index contributed by atoms with van der Waals surface area (Å²) in [7, 11) is 1.71. The van der Waals surface area contributed by atoms with E-state index in [0.717, 1.165) is 17.9 Å². The van der Waals surface area contributed by atoms with Crippen LogP contribution in [0.1, 0.15) is 31.8 Å². The van der Waals surface area contributed by atoms with Crippen molar-refractivity contribution >= 4 is 0 Å². The van der Waals surface area contributed by atoms with Crippen molar-refractivity contribution in [2.75, 3.05) is 13.7 Å². The second-order valence-corrected chi connectivity index (χ2v) is 4.34. The minimum atomic E-state index is -0.133. The minimum Gasteiger partial charge on any atom is -0.462 e. The summed E-state index contributed by atoms with van der Waals surface area (Å²) in [5, 5.41) is 0. The van der Waals surface area contributed by atoms with Gasteiger partial charge in [-0.2, -0.15) is 0 Å². The Balaban J connectivity index is 2.20. The average molecular weight is 227 g/mol. The second kappa shape index (κ2) is 6.03. The van der Waals surface area contributed by atoms with Gasteiger partial charge in [-0.05, 0) is 32.4 Å². The van der Waals surface area contributed by atoms with Gasteiger partial charge in [0.1, 0.15) is 18.1 Å². The summed E-state index contributed by atoms with van der Waals surface area (Å²) in [5.41, 5.74) is 5.31. The van der Waals surface area contributed by atoms with Crippen LogP contribution in [0, 0.1) is 0 Å². The lowest BCUT2D eigenvalue weighted by atomic mass is 10.1. The fraction of sp³-hybridized carbons (Fsp3) is 0.667. The van der Waals surface area contributed by atoms with E-state index in [-0.39, 0.29) is 5.60 Å². The molecule has 16 heavy (non-hydrogen) atoms. The Morgan fingerprint density at radius 2 is 2.00 bits per heavy atom. The normalized spacial score (nSPS) is 12.0. The lowest BCUT2D eigenvalue weighted by Gasteiger charge is -2.22. The molecule has 4 heteroatoms. The molecule has 0 amide bonds. The Labute approximate surface area is 96.7 Å². The Kier molecular flexibility index (Phi) is 4.99. The highest BCUT2D eigenvalue weighted by Crippen LogP contribution is 2.14. The third-order valence-corrected chi connectivity index (χ3v) is 2.56. The van der Waals surface area contributed by atoms with Crippen molar-refractivity contribution in [3.8, 4) is 0 Å². The first-order chi connectivity index (χ1) is 7.57. The van der Waals surface area contributed by atoms with E-state index in [1.165, 1.54) is 0 Å². The lowest BCUT2D eigenvalue weighted by Crippen LogP contribution is -2.24. The second-order valence-electron chi connectivity index (χ2n) is 4.34. The molecule has 92 valence electrons. The van der Waals surface area contributed by atoms with Crippen molar-refractivity contribution in [3.63, 3.8) is 0 Å². The van der Waals surface area contributed by atoms with Gasteiger partial charge in [-0.1, -0.05) is 0 Å². The van der Waals surface area contributed by atoms with Crippen molar-refractivity contribution in [1.29, 1.82) is 0 Å². The zero-order valence-corrected chi connectivity index (χ0v) is 10.3. The van der Waals surface area contributed by atoms with Gasteiger partial charge < -0.3 is 19.6 Å². The maximum absolute atomic E-state index is 5.50. The standard InChI is InChI=1S/C12H21NO3/c1-12(2,14-3)6-7-15-9-11-5-4-10(8-13)16-11/h4-5H,6-9,13H2,1-3H3. The largest absolute Gasteiger partial charge is 0.462 e. The van der Waals surface area contributed by atoms with Crippen LogP contribution < -0.4 is 5.73 Å². The maximum Gasteiger partial charge on any atom is 0.129 e. The molecule has 0 spiro atoms. The number of ether oxygens (including phenoxy) is 2. The van der Waals surface area contributed by atoms with Gasteiger partial charge in [0, 0.05) is 13.7 Å². The van der Waals surface area contributed by atoms with Gasteiger partial charge in [0.25, 0.3) is 0 Å². The molecule has 2 N–H and O–H groups in total. The van der Waals surface area contributed by atoms with Crippen LogP contribution in [-0.2, 0) is 22.6 Å². The Hall–Kier alpha value is -0.840. The lowest BCUT2D eigenvalue weighted by molar-refractivity contribution is -0.0144. The van der Waals surface area contributed by atoms with Crippen molar-refractivity contribution < 1.29 is 13.9 Å². The predicted octanol–water partition coefficient (Wildman–Crippen LogP) is 2.07. The number of nitrogens with two attached hydrogens (primary N) is 1. The van der Waals surface area contributed by atoms with Crippen LogP contribution in [0.4, 0.5) is 0 Å². The number of hydrogen-bond acceptors (Lipinski definition) is 4. The van der Waals surface area contributed by atoms with Crippen LogP contribution in [0.5, 0.6) is 0 Å². The molecule has 0 aromatic carbocycles. The van der Waals surface area contributed by atoms with E-state index in [4.69, 9.17) is 19.6 Å². The molecule has 4 nitrogen and oxygen atoms in total. The molecular weight excluding hydrogens is 206 g/mol. The van der Waals surface area contributed by atoms with E-state index < -0.39 is 0 Å². The summed E-state index contributed by atoms with van der Waals surface area (Å²) in [6.07, 6.45) is 0.855. The summed E-state index contributed by atoms with van der Waals surface area (Å²) < 4.78 is 16.2. The molecule has 0 bridgehead atoms. The van der Waals surface area contributed by atoms with E-state index in [2.05, 4.69) is 0 Å². The first-order valence-electron chi connectivity index (χ1n) is 5.48. The first kappa shape index (κ1) is 13.2. The third-order valence-electron chi connectivity index (χ3n) is 2.56. The zero-order chi connectivity index (χ0) is 12.0. The van der Waals surface area contributed by atoms with Crippen molar-refractivity contribution in [2.24, 2.45) is 5.73 Å². The van der Waals surface area contributed by atoms with Crippen LogP contribution in [0.25, 0.3) is 0 Å². The van der Waals surface area contributed by atoms with Gasteiger partial charge in [0.15, 0.2) is 0 Å². The van der Waals surface area contributed by atoms with Crippen molar-refractivity contribution in [3.05, 3.63) is 23.7 Å². The fourth-order valence-corrected chi connectivity index (χ4v) is 1.20. The minimum absolute atomic E-state index is 0.133. The van der Waals surface area contributed by atoms with Gasteiger partial charge in [0.05, 0.1) is 12.1 Å². The van der Waals surface area contributed by atoms with Crippen LogP contribution >= 0.6 is 0 Å². The highest BCUT2D eigenvalue weighted by Gasteiger charge is 2.15. The molecule has 0 atom stereocenters. The Bertz CT molecular complexity index is 307. The summed E-state index contributed by atoms with van der Waals surface area (Å²) in [6, 6.07) is 3.77. The van der Waals surface area contributed by atoms with E-state index >= 15 is 0 Å². The SMILES string of the molecule is COC(C)(C)CCOCc1ccc(CN)o1. The molecule has 0 radical (unpaired) electrons. The zero-order valence-electron chi connectivity index (χ0n) is 10.3. The summed E-state index contributed by atoms with van der Waals surface area (Å²) in [5.74, 6) is 1.60. The van der Waals surface area contributed by atoms with E-state index in [1.807, 2.05) is 26.0 Å². The van der Waals surface area contributed by atoms with Gasteiger partial charge in [-0.25, -0.2) is 0 Å². The molecule has 1 heterocycles. The predicted molar refractivity (Wildman–Crippen MR) is 62.0 cm³/mol. The van der Waals surface area contributed by atoms with Crippen molar-refractivity contribution in [1.82, 2.24) is 0 Å². The maximum atomic E-state index is 5.50. The average Bonchev–Trinajstić information content (AvgIpc) is 2.72. The summed E-state index contributed by atoms with van der Waals surface area (Å²) in [4.78, 5) is 0. The number of hydrogen-bond donors (Lipinski definition) is 1. The Morgan fingerprint density at radius 3 is 2.56 bits per heavy atom. The molecular formula is C12H21NO3. The van der Waals surface area contributed by atoms with E-state index in [9.17, 15) is 0 Å². The molecule has 0 aliphatic carbocycles. The molecule has 0 fully saturated rings. The molecule has 1 rings (SSSR count). The smallest absolute Gasteiger partial charge is 0.129 e. The first-order valence-corrected chi connectivity index (χ1v) is 5.48. The van der Waals surface area contributed by atoms with Gasteiger partial charge >= 0.3 is 0 Å². The topological polar surface area (TPSA) is 57.6 Å². The van der Waals surface area contributed by atoms with Crippen LogP contribution in [0.3, 0.4) is 0 Å². The fourth-order valence-electron chi connectivity index (χ4n) is 1.20. The highest BCUT2D eigenvalue weighted by molar-refractivity contribution is 5.05. The molecule has 0 aliphatic rings. The third kappa shape index (κ3) is 4.35. The molecule has 0 unspecified atom stereocenters. The van der Waals surface area contributed by atoms with Gasteiger partial charge in [-0.15, -0.1) is 0 Å². The van der Waals surface area contributed by atoms with Gasteiger partial charge in [0.2, 0.25) is 0 Å². The molecule has 0 aliphatic heterocycles. The number of methoxy groups -OCH3 is 1. The summed E-state index contributed by atoms with van der Waals surface area (Å²) >= 11 is 0.